The summed E-state index contributed by atoms with van der Waals surface area (Å²) in [5.74, 6) is 0.467. The Balaban J connectivity index is 2.04. The molecule has 0 bridgehead atoms. The Labute approximate surface area is 112 Å². The van der Waals surface area contributed by atoms with E-state index in [-0.39, 0.29) is 12.1 Å². The van der Waals surface area contributed by atoms with Crippen LogP contribution in [0.2, 0.25) is 0 Å². The van der Waals surface area contributed by atoms with Gasteiger partial charge in [-0.15, -0.1) is 0 Å². The summed E-state index contributed by atoms with van der Waals surface area (Å²) in [7, 11) is 1.62. The van der Waals surface area contributed by atoms with Crippen LogP contribution in [0.3, 0.4) is 0 Å². The van der Waals surface area contributed by atoms with Crippen molar-refractivity contribution in [1.82, 2.24) is 0 Å². The number of hydrogen-bond donors (Lipinski definition) is 0. The van der Waals surface area contributed by atoms with Crippen LogP contribution in [0, 0.1) is 0 Å². The Morgan fingerprint density at radius 3 is 2.21 bits per heavy atom. The molecule has 3 nitrogen and oxygen atoms in total. The fourth-order valence-electron chi connectivity index (χ4n) is 1.75. The van der Waals surface area contributed by atoms with Gasteiger partial charge in [-0.3, -0.25) is 0 Å². The maximum absolute atomic E-state index is 11.9. The van der Waals surface area contributed by atoms with Crippen molar-refractivity contribution in [3.05, 3.63) is 65.7 Å². The molecule has 0 aromatic heterocycles. The number of benzene rings is 2. The molecule has 0 aliphatic carbocycles. The topological polar surface area (TPSA) is 35.5 Å². The van der Waals surface area contributed by atoms with Crippen LogP contribution in [0.4, 0.5) is 0 Å². The molecule has 0 fully saturated rings. The quantitative estimate of drug-likeness (QED) is 0.784. The molecule has 0 N–H and O–H groups in total. The van der Waals surface area contributed by atoms with Gasteiger partial charge in [-0.1, -0.05) is 30.3 Å². The smallest absolute Gasteiger partial charge is 0.338 e. The van der Waals surface area contributed by atoms with Gasteiger partial charge in [0.1, 0.15) is 11.9 Å². The van der Waals surface area contributed by atoms with Gasteiger partial charge < -0.3 is 9.47 Å². The third-order valence-corrected chi connectivity index (χ3v) is 2.88. The number of methoxy groups -OCH3 is 1. The van der Waals surface area contributed by atoms with Crippen LogP contribution in [0.5, 0.6) is 5.75 Å². The van der Waals surface area contributed by atoms with E-state index in [1.165, 1.54) is 0 Å². The first-order valence-electron chi connectivity index (χ1n) is 6.10. The Morgan fingerprint density at radius 2 is 1.63 bits per heavy atom. The van der Waals surface area contributed by atoms with Crippen molar-refractivity contribution < 1.29 is 14.3 Å². The highest BCUT2D eigenvalue weighted by molar-refractivity contribution is 5.89. The summed E-state index contributed by atoms with van der Waals surface area (Å²) in [6.07, 6.45) is -0.293. The maximum atomic E-state index is 11.9. The SMILES string of the molecule is COc1ccc([C@H](C)OC(=O)c2ccccc2)cc1. The Hall–Kier alpha value is -2.29. The van der Waals surface area contributed by atoms with E-state index in [1.54, 1.807) is 19.2 Å². The fourth-order valence-corrected chi connectivity index (χ4v) is 1.75. The van der Waals surface area contributed by atoms with Gasteiger partial charge >= 0.3 is 5.97 Å². The monoisotopic (exact) mass is 256 g/mol. The molecule has 2 aromatic carbocycles. The largest absolute Gasteiger partial charge is 0.497 e. The number of esters is 1. The first-order valence-corrected chi connectivity index (χ1v) is 6.10. The summed E-state index contributed by atoms with van der Waals surface area (Å²) in [5, 5.41) is 0. The van der Waals surface area contributed by atoms with E-state index in [4.69, 9.17) is 9.47 Å². The van der Waals surface area contributed by atoms with Crippen molar-refractivity contribution in [2.45, 2.75) is 13.0 Å². The van der Waals surface area contributed by atoms with Crippen LogP contribution in [-0.4, -0.2) is 13.1 Å². The molecule has 0 saturated carbocycles. The van der Waals surface area contributed by atoms with Gasteiger partial charge in [0.05, 0.1) is 12.7 Å². The van der Waals surface area contributed by atoms with E-state index in [0.717, 1.165) is 11.3 Å². The highest BCUT2D eigenvalue weighted by Crippen LogP contribution is 2.21. The summed E-state index contributed by atoms with van der Waals surface area (Å²) >= 11 is 0. The predicted molar refractivity (Wildman–Crippen MR) is 73.3 cm³/mol. The zero-order chi connectivity index (χ0) is 13.7. The summed E-state index contributed by atoms with van der Waals surface area (Å²) in [6.45, 7) is 1.85. The third kappa shape index (κ3) is 3.35. The number of carbonyl (C=O) groups excluding carboxylic acids is 1. The van der Waals surface area contributed by atoms with E-state index >= 15 is 0 Å². The minimum atomic E-state index is -0.316. The second-order valence-corrected chi connectivity index (χ2v) is 4.19. The molecule has 0 radical (unpaired) electrons. The van der Waals surface area contributed by atoms with Crippen molar-refractivity contribution in [2.75, 3.05) is 7.11 Å². The van der Waals surface area contributed by atoms with Crippen molar-refractivity contribution >= 4 is 5.97 Å². The lowest BCUT2D eigenvalue weighted by atomic mass is 10.1. The first-order chi connectivity index (χ1) is 9.20. The summed E-state index contributed by atoms with van der Waals surface area (Å²) in [4.78, 5) is 11.9. The minimum absolute atomic E-state index is 0.293. The van der Waals surface area contributed by atoms with Crippen LogP contribution in [0.1, 0.15) is 28.9 Å². The highest BCUT2D eigenvalue weighted by atomic mass is 16.5. The highest BCUT2D eigenvalue weighted by Gasteiger charge is 2.13. The Kier molecular flexibility index (Phi) is 4.18. The van der Waals surface area contributed by atoms with Crippen LogP contribution < -0.4 is 4.74 Å². The lowest BCUT2D eigenvalue weighted by Gasteiger charge is -2.14. The van der Waals surface area contributed by atoms with Gasteiger partial charge in [0.15, 0.2) is 0 Å². The van der Waals surface area contributed by atoms with E-state index < -0.39 is 0 Å². The summed E-state index contributed by atoms with van der Waals surface area (Å²) in [6, 6.07) is 16.5. The number of rotatable bonds is 4. The second-order valence-electron chi connectivity index (χ2n) is 4.19. The van der Waals surface area contributed by atoms with E-state index in [0.29, 0.717) is 5.56 Å². The van der Waals surface area contributed by atoms with E-state index in [1.807, 2.05) is 49.4 Å². The van der Waals surface area contributed by atoms with Crippen LogP contribution in [0.25, 0.3) is 0 Å². The van der Waals surface area contributed by atoms with Gasteiger partial charge in [-0.2, -0.15) is 0 Å². The molecule has 1 atom stereocenters. The summed E-state index contributed by atoms with van der Waals surface area (Å²) in [5.41, 5.74) is 1.49. The number of carbonyl (C=O) groups is 1. The predicted octanol–water partition coefficient (Wildman–Crippen LogP) is 3.61. The molecule has 0 saturated heterocycles. The average Bonchev–Trinajstić information content (AvgIpc) is 2.48. The van der Waals surface area contributed by atoms with E-state index in [2.05, 4.69) is 0 Å². The molecule has 0 aliphatic rings. The molecule has 0 spiro atoms. The van der Waals surface area contributed by atoms with Crippen molar-refractivity contribution in [3.63, 3.8) is 0 Å². The van der Waals surface area contributed by atoms with Crippen molar-refractivity contribution in [3.8, 4) is 5.75 Å². The van der Waals surface area contributed by atoms with Crippen molar-refractivity contribution in [1.29, 1.82) is 0 Å². The molecule has 2 rings (SSSR count). The first kappa shape index (κ1) is 13.1. The molecule has 2 aromatic rings. The van der Waals surface area contributed by atoms with Crippen LogP contribution in [-0.2, 0) is 4.74 Å². The van der Waals surface area contributed by atoms with Gasteiger partial charge in [-0.05, 0) is 36.8 Å². The maximum Gasteiger partial charge on any atom is 0.338 e. The molecule has 0 heterocycles. The summed E-state index contributed by atoms with van der Waals surface area (Å²) < 4.78 is 10.5. The average molecular weight is 256 g/mol. The molecule has 0 unspecified atom stereocenters. The van der Waals surface area contributed by atoms with Gasteiger partial charge in [0, 0.05) is 0 Å². The van der Waals surface area contributed by atoms with Crippen LogP contribution >= 0.6 is 0 Å². The number of hydrogen-bond acceptors (Lipinski definition) is 3. The molecule has 3 heteroatoms. The minimum Gasteiger partial charge on any atom is -0.497 e. The van der Waals surface area contributed by atoms with Gasteiger partial charge in [-0.25, -0.2) is 4.79 Å². The number of ether oxygens (including phenoxy) is 2. The normalized spacial score (nSPS) is 11.7. The standard InChI is InChI=1S/C16H16O3/c1-12(13-8-10-15(18-2)11-9-13)19-16(17)14-6-4-3-5-7-14/h3-12H,1-2H3/t12-/m0/s1. The molecule has 0 aliphatic heterocycles. The lowest BCUT2D eigenvalue weighted by molar-refractivity contribution is 0.0338. The fraction of sp³-hybridized carbons (Fsp3) is 0.188. The molecular weight excluding hydrogens is 240 g/mol. The Bertz CT molecular complexity index is 532. The second kappa shape index (κ2) is 6.05. The van der Waals surface area contributed by atoms with E-state index in [9.17, 15) is 4.79 Å². The molecular formula is C16H16O3. The van der Waals surface area contributed by atoms with Crippen LogP contribution in [0.15, 0.2) is 54.6 Å². The molecule has 98 valence electrons. The van der Waals surface area contributed by atoms with Gasteiger partial charge in [0.25, 0.3) is 0 Å². The van der Waals surface area contributed by atoms with Crippen molar-refractivity contribution in [2.24, 2.45) is 0 Å². The zero-order valence-electron chi connectivity index (χ0n) is 11.0. The zero-order valence-corrected chi connectivity index (χ0v) is 11.0. The van der Waals surface area contributed by atoms with Gasteiger partial charge in [0.2, 0.25) is 0 Å². The molecule has 0 amide bonds. The third-order valence-electron chi connectivity index (χ3n) is 2.88. The molecule has 19 heavy (non-hydrogen) atoms. The Morgan fingerprint density at radius 1 is 1.00 bits per heavy atom. The lowest BCUT2D eigenvalue weighted by Crippen LogP contribution is -2.09.